The second-order valence-corrected chi connectivity index (χ2v) is 3.73. The summed E-state index contributed by atoms with van der Waals surface area (Å²) < 4.78 is 0. The fourth-order valence-electron chi connectivity index (χ4n) is 1.43. The Hall–Kier alpha value is -0.0800. The van der Waals surface area contributed by atoms with E-state index in [9.17, 15) is 0 Å². The highest BCUT2D eigenvalue weighted by molar-refractivity contribution is 4.57. The van der Waals surface area contributed by atoms with E-state index in [1.807, 2.05) is 0 Å². The summed E-state index contributed by atoms with van der Waals surface area (Å²) in [6.45, 7) is 3.72. The number of aliphatic hydroxyl groups excluding tert-OH is 1. The summed E-state index contributed by atoms with van der Waals surface area (Å²) in [6, 6.07) is 0. The molecule has 1 atom stereocenters. The van der Waals surface area contributed by atoms with Gasteiger partial charge in [-0.25, -0.2) is 0 Å². The van der Waals surface area contributed by atoms with Gasteiger partial charge in [0.05, 0.1) is 0 Å². The second-order valence-electron chi connectivity index (χ2n) is 3.73. The van der Waals surface area contributed by atoms with E-state index < -0.39 is 0 Å². The van der Waals surface area contributed by atoms with Gasteiger partial charge in [0.15, 0.2) is 0 Å². The molecule has 0 spiro atoms. The lowest BCUT2D eigenvalue weighted by atomic mass is 9.97. The predicted molar refractivity (Wildman–Crippen MR) is 53.3 cm³/mol. The number of nitrogens with zero attached hydrogens (tertiary/aromatic N) is 1. The van der Waals surface area contributed by atoms with Crippen LogP contribution in [0.3, 0.4) is 0 Å². The van der Waals surface area contributed by atoms with Crippen LogP contribution in [0.5, 0.6) is 0 Å². The largest absolute Gasteiger partial charge is 0.396 e. The van der Waals surface area contributed by atoms with Gasteiger partial charge in [0.2, 0.25) is 0 Å². The SMILES string of the molecule is CC[C@H](CCO)CCCN(C)C. The monoisotopic (exact) mass is 173 g/mol. The molecule has 0 heterocycles. The second kappa shape index (κ2) is 7.56. The minimum absolute atomic E-state index is 0.348. The maximum Gasteiger partial charge on any atom is 0.0433 e. The van der Waals surface area contributed by atoms with Crippen molar-refractivity contribution in [1.29, 1.82) is 0 Å². The van der Waals surface area contributed by atoms with Gasteiger partial charge in [-0.2, -0.15) is 0 Å². The molecular weight excluding hydrogens is 150 g/mol. The Balaban J connectivity index is 3.31. The van der Waals surface area contributed by atoms with Crippen LogP contribution < -0.4 is 0 Å². The van der Waals surface area contributed by atoms with Crippen molar-refractivity contribution in [3.05, 3.63) is 0 Å². The summed E-state index contributed by atoms with van der Waals surface area (Å²) in [4.78, 5) is 2.21. The zero-order valence-electron chi connectivity index (χ0n) is 8.71. The fourth-order valence-corrected chi connectivity index (χ4v) is 1.43. The zero-order valence-corrected chi connectivity index (χ0v) is 8.71. The van der Waals surface area contributed by atoms with E-state index in [4.69, 9.17) is 5.11 Å². The molecule has 0 aromatic rings. The van der Waals surface area contributed by atoms with Crippen LogP contribution in [0.2, 0.25) is 0 Å². The molecule has 0 unspecified atom stereocenters. The molecule has 74 valence electrons. The molecule has 2 heteroatoms. The summed E-state index contributed by atoms with van der Waals surface area (Å²) in [6.07, 6.45) is 4.69. The van der Waals surface area contributed by atoms with Crippen molar-refractivity contribution in [3.8, 4) is 0 Å². The molecule has 0 aliphatic carbocycles. The van der Waals surface area contributed by atoms with Gasteiger partial charge < -0.3 is 10.0 Å². The first-order valence-electron chi connectivity index (χ1n) is 4.96. The van der Waals surface area contributed by atoms with Crippen LogP contribution in [0.4, 0.5) is 0 Å². The van der Waals surface area contributed by atoms with Crippen molar-refractivity contribution in [3.63, 3.8) is 0 Å². The third kappa shape index (κ3) is 6.62. The third-order valence-electron chi connectivity index (χ3n) is 2.33. The van der Waals surface area contributed by atoms with Crippen molar-refractivity contribution in [1.82, 2.24) is 4.90 Å². The normalized spacial score (nSPS) is 13.8. The van der Waals surface area contributed by atoms with Crippen LogP contribution in [0, 0.1) is 5.92 Å². The van der Waals surface area contributed by atoms with Crippen molar-refractivity contribution < 1.29 is 5.11 Å². The quantitative estimate of drug-likeness (QED) is 0.634. The number of hydrogen-bond donors (Lipinski definition) is 1. The lowest BCUT2D eigenvalue weighted by molar-refractivity contribution is 0.243. The van der Waals surface area contributed by atoms with E-state index in [1.165, 1.54) is 25.8 Å². The minimum Gasteiger partial charge on any atom is -0.396 e. The molecule has 0 amide bonds. The first-order chi connectivity index (χ1) is 5.70. The maximum absolute atomic E-state index is 8.77. The van der Waals surface area contributed by atoms with Gasteiger partial charge in [0.1, 0.15) is 0 Å². The Bertz CT molecular complexity index is 93.8. The summed E-state index contributed by atoms with van der Waals surface area (Å²) in [7, 11) is 4.21. The van der Waals surface area contributed by atoms with Crippen molar-refractivity contribution in [2.24, 2.45) is 5.92 Å². The smallest absolute Gasteiger partial charge is 0.0433 e. The predicted octanol–water partition coefficient (Wildman–Crippen LogP) is 1.74. The average Bonchev–Trinajstić information content (AvgIpc) is 2.02. The number of hydrogen-bond acceptors (Lipinski definition) is 2. The molecule has 0 aromatic carbocycles. The van der Waals surface area contributed by atoms with Gasteiger partial charge in [0, 0.05) is 6.61 Å². The molecular formula is C10H23NO. The van der Waals surface area contributed by atoms with Crippen molar-refractivity contribution >= 4 is 0 Å². The molecule has 0 aromatic heterocycles. The summed E-state index contributed by atoms with van der Waals surface area (Å²) in [5, 5.41) is 8.77. The highest BCUT2D eigenvalue weighted by Gasteiger charge is 2.04. The van der Waals surface area contributed by atoms with Crippen LogP contribution in [0.1, 0.15) is 32.6 Å². The van der Waals surface area contributed by atoms with Crippen LogP contribution in [0.25, 0.3) is 0 Å². The Morgan fingerprint density at radius 3 is 2.33 bits per heavy atom. The van der Waals surface area contributed by atoms with Gasteiger partial charge in [-0.3, -0.25) is 0 Å². The molecule has 0 bridgehead atoms. The lowest BCUT2D eigenvalue weighted by Gasteiger charge is -2.15. The lowest BCUT2D eigenvalue weighted by Crippen LogP contribution is -2.14. The van der Waals surface area contributed by atoms with Gasteiger partial charge in [-0.1, -0.05) is 13.3 Å². The highest BCUT2D eigenvalue weighted by Crippen LogP contribution is 2.14. The third-order valence-corrected chi connectivity index (χ3v) is 2.33. The van der Waals surface area contributed by atoms with Gasteiger partial charge >= 0.3 is 0 Å². The van der Waals surface area contributed by atoms with Crippen molar-refractivity contribution in [2.75, 3.05) is 27.2 Å². The maximum atomic E-state index is 8.77. The van der Waals surface area contributed by atoms with Crippen LogP contribution in [0.15, 0.2) is 0 Å². The Morgan fingerprint density at radius 2 is 1.92 bits per heavy atom. The van der Waals surface area contributed by atoms with E-state index in [-0.39, 0.29) is 0 Å². The van der Waals surface area contributed by atoms with E-state index in [0.29, 0.717) is 6.61 Å². The molecule has 2 nitrogen and oxygen atoms in total. The Kier molecular flexibility index (Phi) is 7.51. The summed E-state index contributed by atoms with van der Waals surface area (Å²) in [5.74, 6) is 0.731. The number of aliphatic hydroxyl groups is 1. The Labute approximate surface area is 76.6 Å². The first-order valence-corrected chi connectivity index (χ1v) is 4.96. The van der Waals surface area contributed by atoms with Crippen LogP contribution >= 0.6 is 0 Å². The highest BCUT2D eigenvalue weighted by atomic mass is 16.3. The molecule has 0 rings (SSSR count). The molecule has 0 radical (unpaired) electrons. The van der Waals surface area contributed by atoms with E-state index >= 15 is 0 Å². The molecule has 0 aliphatic rings. The topological polar surface area (TPSA) is 23.5 Å². The minimum atomic E-state index is 0.348. The standard InChI is InChI=1S/C10H23NO/c1-4-10(7-9-12)6-5-8-11(2)3/h10,12H,4-9H2,1-3H3/t10-/m0/s1. The molecule has 0 saturated carbocycles. The summed E-state index contributed by atoms with van der Waals surface area (Å²) in [5.41, 5.74) is 0. The van der Waals surface area contributed by atoms with Gasteiger partial charge in [0.25, 0.3) is 0 Å². The molecule has 0 aliphatic heterocycles. The molecule has 1 N–H and O–H groups in total. The van der Waals surface area contributed by atoms with Crippen molar-refractivity contribution in [2.45, 2.75) is 32.6 Å². The molecule has 0 saturated heterocycles. The van der Waals surface area contributed by atoms with Crippen LogP contribution in [-0.4, -0.2) is 37.3 Å². The van der Waals surface area contributed by atoms with Gasteiger partial charge in [-0.15, -0.1) is 0 Å². The molecule has 12 heavy (non-hydrogen) atoms. The summed E-state index contributed by atoms with van der Waals surface area (Å²) >= 11 is 0. The van der Waals surface area contributed by atoms with E-state index in [0.717, 1.165) is 12.3 Å². The van der Waals surface area contributed by atoms with Crippen LogP contribution in [-0.2, 0) is 0 Å². The van der Waals surface area contributed by atoms with E-state index in [1.54, 1.807) is 0 Å². The zero-order chi connectivity index (χ0) is 9.40. The van der Waals surface area contributed by atoms with E-state index in [2.05, 4.69) is 25.9 Å². The van der Waals surface area contributed by atoms with Gasteiger partial charge in [-0.05, 0) is 45.8 Å². The number of rotatable bonds is 7. The molecule has 0 fully saturated rings. The average molecular weight is 173 g/mol. The Morgan fingerprint density at radius 1 is 1.25 bits per heavy atom. The fraction of sp³-hybridized carbons (Fsp3) is 1.00. The first kappa shape index (κ1) is 11.9.